The number of nitrogens with zero attached hydrogens (tertiary/aromatic N) is 1. The topological polar surface area (TPSA) is 64.9 Å². The van der Waals surface area contributed by atoms with Crippen LogP contribution in [-0.4, -0.2) is 4.98 Å². The molecule has 0 aliphatic carbocycles. The summed E-state index contributed by atoms with van der Waals surface area (Å²) < 4.78 is 0.953. The zero-order valence-corrected chi connectivity index (χ0v) is 12.2. The second kappa shape index (κ2) is 5.26. The first-order valence-electron chi connectivity index (χ1n) is 5.41. The average Bonchev–Trinajstić information content (AvgIpc) is 2.31. The Morgan fingerprint density at radius 1 is 1.28 bits per heavy atom. The smallest absolute Gasteiger partial charge is 0.128 e. The fourth-order valence-corrected chi connectivity index (χ4v) is 2.67. The molecule has 0 saturated heterocycles. The molecular weight excluding hydrogens is 314 g/mol. The van der Waals surface area contributed by atoms with Gasteiger partial charge in [0.1, 0.15) is 5.82 Å². The molecule has 2 aromatic rings. The van der Waals surface area contributed by atoms with Gasteiger partial charge < -0.3 is 11.5 Å². The lowest BCUT2D eigenvalue weighted by atomic mass is 9.99. The van der Waals surface area contributed by atoms with E-state index in [0.29, 0.717) is 10.8 Å². The maximum absolute atomic E-state index is 6.23. The first-order valence-corrected chi connectivity index (χ1v) is 6.58. The summed E-state index contributed by atoms with van der Waals surface area (Å²) >= 11 is 9.44. The molecule has 0 spiro atoms. The van der Waals surface area contributed by atoms with Gasteiger partial charge in [0.2, 0.25) is 0 Å². The van der Waals surface area contributed by atoms with Crippen LogP contribution in [0.3, 0.4) is 0 Å². The van der Waals surface area contributed by atoms with E-state index in [1.165, 1.54) is 6.20 Å². The molecule has 3 nitrogen and oxygen atoms in total. The Labute approximate surface area is 119 Å². The van der Waals surface area contributed by atoms with E-state index in [2.05, 4.69) is 20.9 Å². The summed E-state index contributed by atoms with van der Waals surface area (Å²) in [7, 11) is 0. The summed E-state index contributed by atoms with van der Waals surface area (Å²) in [4.78, 5) is 4.02. The minimum Gasteiger partial charge on any atom is -0.383 e. The van der Waals surface area contributed by atoms with Crippen LogP contribution in [0.1, 0.15) is 22.7 Å². The minimum absolute atomic E-state index is 0.355. The fraction of sp³-hybridized carbons (Fsp3) is 0.154. The van der Waals surface area contributed by atoms with Gasteiger partial charge in [-0.1, -0.05) is 39.7 Å². The Morgan fingerprint density at radius 2 is 2.00 bits per heavy atom. The predicted molar refractivity (Wildman–Crippen MR) is 78.6 cm³/mol. The number of anilines is 1. The van der Waals surface area contributed by atoms with Crippen molar-refractivity contribution in [3.63, 3.8) is 0 Å². The van der Waals surface area contributed by atoms with E-state index in [1.54, 1.807) is 6.07 Å². The normalized spacial score (nSPS) is 12.4. The van der Waals surface area contributed by atoms with Gasteiger partial charge in [-0.25, -0.2) is 4.98 Å². The molecule has 1 atom stereocenters. The van der Waals surface area contributed by atoms with E-state index < -0.39 is 0 Å². The molecule has 0 aliphatic rings. The fourth-order valence-electron chi connectivity index (χ4n) is 1.77. The van der Waals surface area contributed by atoms with Crippen LogP contribution in [0.15, 0.2) is 34.9 Å². The number of aromatic nitrogens is 1. The Kier molecular flexibility index (Phi) is 3.90. The van der Waals surface area contributed by atoms with Crippen molar-refractivity contribution in [2.45, 2.75) is 13.0 Å². The predicted octanol–water partition coefficient (Wildman–Crippen LogP) is 3.44. The van der Waals surface area contributed by atoms with Crippen molar-refractivity contribution >= 4 is 33.3 Å². The molecule has 5 heteroatoms. The molecule has 0 amide bonds. The molecule has 1 aromatic carbocycles. The first-order chi connectivity index (χ1) is 8.49. The lowest BCUT2D eigenvalue weighted by molar-refractivity contribution is 0.861. The lowest BCUT2D eigenvalue weighted by Crippen LogP contribution is -2.15. The van der Waals surface area contributed by atoms with Crippen molar-refractivity contribution in [1.82, 2.24) is 4.98 Å². The third-order valence-electron chi connectivity index (χ3n) is 2.74. The largest absolute Gasteiger partial charge is 0.383 e. The van der Waals surface area contributed by atoms with E-state index in [-0.39, 0.29) is 6.04 Å². The number of nitrogens with two attached hydrogens (primary N) is 2. The average molecular weight is 327 g/mol. The number of pyridine rings is 1. The number of hydrogen-bond donors (Lipinski definition) is 2. The van der Waals surface area contributed by atoms with Gasteiger partial charge in [-0.3, -0.25) is 0 Å². The van der Waals surface area contributed by atoms with Gasteiger partial charge in [0.05, 0.1) is 11.1 Å². The Morgan fingerprint density at radius 3 is 2.67 bits per heavy atom. The highest BCUT2D eigenvalue weighted by atomic mass is 79.9. The van der Waals surface area contributed by atoms with Crippen molar-refractivity contribution in [3.05, 3.63) is 56.6 Å². The Bertz CT molecular complexity index is 586. The summed E-state index contributed by atoms with van der Waals surface area (Å²) in [5.41, 5.74) is 14.9. The van der Waals surface area contributed by atoms with Crippen molar-refractivity contribution < 1.29 is 0 Å². The molecule has 18 heavy (non-hydrogen) atoms. The quantitative estimate of drug-likeness (QED) is 0.888. The standard InChI is InChI=1S/C13H13BrClN3/c1-7-2-3-9(11(14)4-7)12(16)10-5-8(15)6-18-13(10)17/h2-6,12H,16H2,1H3,(H2,17,18). The molecule has 0 saturated carbocycles. The first kappa shape index (κ1) is 13.3. The van der Waals surface area contributed by atoms with Crippen molar-refractivity contribution in [2.24, 2.45) is 5.73 Å². The molecule has 94 valence electrons. The maximum atomic E-state index is 6.23. The third-order valence-corrected chi connectivity index (χ3v) is 3.64. The van der Waals surface area contributed by atoms with Crippen LogP contribution in [0, 0.1) is 6.92 Å². The number of hydrogen-bond acceptors (Lipinski definition) is 3. The SMILES string of the molecule is Cc1ccc(C(N)c2cc(Cl)cnc2N)c(Br)c1. The van der Waals surface area contributed by atoms with Gasteiger partial charge in [0, 0.05) is 16.2 Å². The highest BCUT2D eigenvalue weighted by Crippen LogP contribution is 2.30. The molecule has 0 aliphatic heterocycles. The minimum atomic E-state index is -0.355. The van der Waals surface area contributed by atoms with Crippen LogP contribution in [0.4, 0.5) is 5.82 Å². The van der Waals surface area contributed by atoms with E-state index in [4.69, 9.17) is 23.1 Å². The van der Waals surface area contributed by atoms with Crippen LogP contribution in [0.5, 0.6) is 0 Å². The van der Waals surface area contributed by atoms with E-state index in [1.807, 2.05) is 25.1 Å². The van der Waals surface area contributed by atoms with Crippen LogP contribution in [0.25, 0.3) is 0 Å². The van der Waals surface area contributed by atoms with Gasteiger partial charge >= 0.3 is 0 Å². The summed E-state index contributed by atoms with van der Waals surface area (Å²) in [5, 5.41) is 0.526. The zero-order chi connectivity index (χ0) is 13.3. The molecule has 1 aromatic heterocycles. The van der Waals surface area contributed by atoms with Crippen molar-refractivity contribution in [1.29, 1.82) is 0 Å². The highest BCUT2D eigenvalue weighted by Gasteiger charge is 2.16. The number of nitrogen functional groups attached to an aromatic ring is 1. The number of halogens is 2. The molecule has 0 fully saturated rings. The number of rotatable bonds is 2. The van der Waals surface area contributed by atoms with Gasteiger partial charge in [-0.15, -0.1) is 0 Å². The molecular formula is C13H13BrClN3. The molecule has 0 radical (unpaired) electrons. The summed E-state index contributed by atoms with van der Waals surface area (Å²) in [6.45, 7) is 2.02. The van der Waals surface area contributed by atoms with Gasteiger partial charge in [0.15, 0.2) is 0 Å². The van der Waals surface area contributed by atoms with Crippen LogP contribution in [0.2, 0.25) is 5.02 Å². The Balaban J connectivity index is 2.47. The maximum Gasteiger partial charge on any atom is 0.128 e. The second-order valence-corrected chi connectivity index (χ2v) is 5.42. The van der Waals surface area contributed by atoms with Crippen LogP contribution < -0.4 is 11.5 Å². The Hall–Kier alpha value is -1.10. The summed E-state index contributed by atoms with van der Waals surface area (Å²) in [6, 6.07) is 7.40. The van der Waals surface area contributed by atoms with E-state index in [0.717, 1.165) is 21.2 Å². The van der Waals surface area contributed by atoms with Crippen molar-refractivity contribution in [2.75, 3.05) is 5.73 Å². The molecule has 4 N–H and O–H groups in total. The van der Waals surface area contributed by atoms with Gasteiger partial charge in [-0.05, 0) is 30.2 Å². The highest BCUT2D eigenvalue weighted by molar-refractivity contribution is 9.10. The van der Waals surface area contributed by atoms with E-state index >= 15 is 0 Å². The van der Waals surface area contributed by atoms with Crippen molar-refractivity contribution in [3.8, 4) is 0 Å². The monoisotopic (exact) mass is 325 g/mol. The zero-order valence-electron chi connectivity index (χ0n) is 9.82. The summed E-state index contributed by atoms with van der Waals surface area (Å²) in [5.74, 6) is 0.402. The van der Waals surface area contributed by atoms with Crippen LogP contribution >= 0.6 is 27.5 Å². The van der Waals surface area contributed by atoms with Gasteiger partial charge in [-0.2, -0.15) is 0 Å². The summed E-state index contributed by atoms with van der Waals surface area (Å²) in [6.07, 6.45) is 1.51. The molecule has 0 bridgehead atoms. The second-order valence-electron chi connectivity index (χ2n) is 4.13. The molecule has 2 rings (SSSR count). The molecule has 1 heterocycles. The lowest BCUT2D eigenvalue weighted by Gasteiger charge is -2.16. The number of benzene rings is 1. The van der Waals surface area contributed by atoms with Gasteiger partial charge in [0.25, 0.3) is 0 Å². The van der Waals surface area contributed by atoms with Crippen LogP contribution in [-0.2, 0) is 0 Å². The number of aryl methyl sites for hydroxylation is 1. The van der Waals surface area contributed by atoms with E-state index in [9.17, 15) is 0 Å². The third kappa shape index (κ3) is 2.66. The molecule has 1 unspecified atom stereocenters.